The zero-order valence-corrected chi connectivity index (χ0v) is 20.1. The highest BCUT2D eigenvalue weighted by Crippen LogP contribution is 2.26. The number of nitrogens with zero attached hydrogens (tertiary/aromatic N) is 3. The zero-order valence-electron chi connectivity index (χ0n) is 17.8. The van der Waals surface area contributed by atoms with Crippen molar-refractivity contribution in [2.45, 2.75) is 26.0 Å². The number of ether oxygens (including phenoxy) is 2. The normalized spacial score (nSPS) is 19.5. The summed E-state index contributed by atoms with van der Waals surface area (Å²) in [6.07, 6.45) is -0.0553. The molecule has 1 aliphatic heterocycles. The van der Waals surface area contributed by atoms with E-state index in [1.165, 1.54) is 0 Å². The van der Waals surface area contributed by atoms with Crippen molar-refractivity contribution < 1.29 is 9.47 Å². The fraction of sp³-hybridized carbons (Fsp3) is 0.650. The molecule has 1 aromatic carbocycles. The van der Waals surface area contributed by atoms with E-state index in [0.29, 0.717) is 12.6 Å². The van der Waals surface area contributed by atoms with Crippen molar-refractivity contribution in [2.24, 2.45) is 4.99 Å². The van der Waals surface area contributed by atoms with Gasteiger partial charge in [0.15, 0.2) is 17.5 Å². The summed E-state index contributed by atoms with van der Waals surface area (Å²) in [6.45, 7) is 9.64. The Bertz CT molecular complexity index is 602. The van der Waals surface area contributed by atoms with Crippen LogP contribution in [0.25, 0.3) is 0 Å². The number of hydrogen-bond acceptors (Lipinski definition) is 5. The SMILES string of the molecule is CCNC(=NCC(C)Oc1ccccc1OC)NCC1CN(C)CCN1C.I. The molecule has 7 nitrogen and oxygen atoms in total. The Morgan fingerprint density at radius 1 is 1.21 bits per heavy atom. The number of aliphatic imine (C=N–C) groups is 1. The quantitative estimate of drug-likeness (QED) is 0.320. The third-order valence-corrected chi connectivity index (χ3v) is 4.73. The van der Waals surface area contributed by atoms with Crippen LogP contribution in [0.15, 0.2) is 29.3 Å². The van der Waals surface area contributed by atoms with Crippen molar-refractivity contribution in [3.63, 3.8) is 0 Å². The molecule has 2 N–H and O–H groups in total. The number of halogens is 1. The lowest BCUT2D eigenvalue weighted by Gasteiger charge is -2.37. The number of nitrogens with one attached hydrogen (secondary N) is 2. The predicted molar refractivity (Wildman–Crippen MR) is 126 cm³/mol. The van der Waals surface area contributed by atoms with Crippen LogP contribution < -0.4 is 20.1 Å². The number of likely N-dealkylation sites (N-methyl/N-ethyl adjacent to an activating group) is 2. The lowest BCUT2D eigenvalue weighted by molar-refractivity contribution is 0.116. The van der Waals surface area contributed by atoms with Gasteiger partial charge in [-0.15, -0.1) is 24.0 Å². The molecule has 1 saturated heterocycles. The van der Waals surface area contributed by atoms with Gasteiger partial charge in [-0.05, 0) is 40.1 Å². The van der Waals surface area contributed by atoms with Gasteiger partial charge in [0.05, 0.1) is 13.7 Å². The van der Waals surface area contributed by atoms with Gasteiger partial charge in [-0.25, -0.2) is 4.99 Å². The van der Waals surface area contributed by atoms with Crippen LogP contribution in [-0.4, -0.2) is 88.4 Å². The van der Waals surface area contributed by atoms with E-state index in [2.05, 4.69) is 46.4 Å². The Balaban J connectivity index is 0.00000392. The van der Waals surface area contributed by atoms with Crippen LogP contribution in [0, 0.1) is 0 Å². The highest BCUT2D eigenvalue weighted by molar-refractivity contribution is 14.0. The number of benzene rings is 1. The monoisotopic (exact) mass is 505 g/mol. The van der Waals surface area contributed by atoms with E-state index in [0.717, 1.165) is 50.2 Å². The second-order valence-electron chi connectivity index (χ2n) is 7.08. The molecule has 0 aliphatic carbocycles. The number of para-hydroxylation sites is 2. The van der Waals surface area contributed by atoms with E-state index >= 15 is 0 Å². The minimum Gasteiger partial charge on any atom is -0.493 e. The van der Waals surface area contributed by atoms with Crippen LogP contribution in [0.1, 0.15) is 13.8 Å². The number of piperazine rings is 1. The molecular formula is C20H36IN5O2. The average Bonchev–Trinajstić information content (AvgIpc) is 2.67. The third-order valence-electron chi connectivity index (χ3n) is 4.73. The highest BCUT2D eigenvalue weighted by atomic mass is 127. The first kappa shape index (κ1) is 24.8. The minimum atomic E-state index is -0.0553. The molecule has 0 radical (unpaired) electrons. The van der Waals surface area contributed by atoms with Crippen molar-refractivity contribution in [3.8, 4) is 11.5 Å². The Hall–Kier alpha value is -1.26. The molecule has 0 saturated carbocycles. The Labute approximate surface area is 186 Å². The number of guanidine groups is 1. The maximum Gasteiger partial charge on any atom is 0.191 e. The van der Waals surface area contributed by atoms with Crippen molar-refractivity contribution in [1.29, 1.82) is 0 Å². The van der Waals surface area contributed by atoms with Crippen molar-refractivity contribution in [1.82, 2.24) is 20.4 Å². The Kier molecular flexibility index (Phi) is 11.6. The topological polar surface area (TPSA) is 61.4 Å². The molecule has 2 atom stereocenters. The van der Waals surface area contributed by atoms with Gasteiger partial charge in [0, 0.05) is 38.8 Å². The molecule has 160 valence electrons. The molecule has 2 unspecified atom stereocenters. The smallest absolute Gasteiger partial charge is 0.191 e. The maximum atomic E-state index is 5.99. The molecule has 0 bridgehead atoms. The molecule has 8 heteroatoms. The summed E-state index contributed by atoms with van der Waals surface area (Å²) in [5.41, 5.74) is 0. The first-order valence-electron chi connectivity index (χ1n) is 9.74. The van der Waals surface area contributed by atoms with Gasteiger partial charge in [0.25, 0.3) is 0 Å². The van der Waals surface area contributed by atoms with E-state index in [4.69, 9.17) is 9.47 Å². The molecule has 1 aliphatic rings. The molecule has 1 heterocycles. The van der Waals surface area contributed by atoms with Gasteiger partial charge in [-0.1, -0.05) is 12.1 Å². The zero-order chi connectivity index (χ0) is 19.6. The fourth-order valence-corrected chi connectivity index (χ4v) is 3.07. The van der Waals surface area contributed by atoms with E-state index in [1.54, 1.807) is 7.11 Å². The van der Waals surface area contributed by atoms with Crippen LogP contribution in [0.4, 0.5) is 0 Å². The van der Waals surface area contributed by atoms with E-state index in [9.17, 15) is 0 Å². The predicted octanol–water partition coefficient (Wildman–Crippen LogP) is 1.88. The van der Waals surface area contributed by atoms with Gasteiger partial charge in [0.2, 0.25) is 0 Å². The number of methoxy groups -OCH3 is 1. The van der Waals surface area contributed by atoms with Crippen LogP contribution >= 0.6 is 24.0 Å². The van der Waals surface area contributed by atoms with Crippen LogP contribution in [-0.2, 0) is 0 Å². The first-order chi connectivity index (χ1) is 13.0. The fourth-order valence-electron chi connectivity index (χ4n) is 3.07. The third kappa shape index (κ3) is 8.00. The molecule has 0 spiro atoms. The molecule has 2 rings (SSSR count). The molecule has 0 amide bonds. The van der Waals surface area contributed by atoms with Gasteiger partial charge >= 0.3 is 0 Å². The summed E-state index contributed by atoms with van der Waals surface area (Å²) >= 11 is 0. The van der Waals surface area contributed by atoms with Crippen LogP contribution in [0.3, 0.4) is 0 Å². The first-order valence-corrected chi connectivity index (χ1v) is 9.74. The lowest BCUT2D eigenvalue weighted by atomic mass is 10.2. The number of hydrogen-bond donors (Lipinski definition) is 2. The largest absolute Gasteiger partial charge is 0.493 e. The molecule has 1 fully saturated rings. The summed E-state index contributed by atoms with van der Waals surface area (Å²) in [4.78, 5) is 9.47. The van der Waals surface area contributed by atoms with Crippen molar-refractivity contribution in [2.75, 3.05) is 60.5 Å². The van der Waals surface area contributed by atoms with E-state index in [1.807, 2.05) is 31.2 Å². The summed E-state index contributed by atoms with van der Waals surface area (Å²) in [5.74, 6) is 2.31. The Morgan fingerprint density at radius 2 is 1.93 bits per heavy atom. The average molecular weight is 505 g/mol. The van der Waals surface area contributed by atoms with Gasteiger partial charge < -0.3 is 25.0 Å². The summed E-state index contributed by atoms with van der Waals surface area (Å²) in [6, 6.07) is 8.17. The van der Waals surface area contributed by atoms with Gasteiger partial charge in [-0.3, -0.25) is 4.90 Å². The standard InChI is InChI=1S/C20H35N5O2.HI/c1-6-21-20(23-14-17-15-24(3)11-12-25(17)4)22-13-16(2)27-19-10-8-7-9-18(19)26-5;/h7-10,16-17H,6,11-15H2,1-5H3,(H2,21,22,23);1H. The summed E-state index contributed by atoms with van der Waals surface area (Å²) in [7, 11) is 6.01. The molecular weight excluding hydrogens is 469 g/mol. The summed E-state index contributed by atoms with van der Waals surface area (Å²) < 4.78 is 11.3. The second-order valence-corrected chi connectivity index (χ2v) is 7.08. The van der Waals surface area contributed by atoms with Crippen molar-refractivity contribution in [3.05, 3.63) is 24.3 Å². The van der Waals surface area contributed by atoms with Gasteiger partial charge in [0.1, 0.15) is 6.10 Å². The van der Waals surface area contributed by atoms with Gasteiger partial charge in [-0.2, -0.15) is 0 Å². The van der Waals surface area contributed by atoms with E-state index < -0.39 is 0 Å². The van der Waals surface area contributed by atoms with Crippen molar-refractivity contribution >= 4 is 29.9 Å². The Morgan fingerprint density at radius 3 is 2.61 bits per heavy atom. The highest BCUT2D eigenvalue weighted by Gasteiger charge is 2.22. The minimum absolute atomic E-state index is 0. The van der Waals surface area contributed by atoms with Crippen LogP contribution in [0.2, 0.25) is 0 Å². The maximum absolute atomic E-state index is 5.99. The molecule has 1 aromatic rings. The summed E-state index contributed by atoms with van der Waals surface area (Å²) in [5, 5.41) is 6.79. The number of rotatable bonds is 8. The van der Waals surface area contributed by atoms with Crippen LogP contribution in [0.5, 0.6) is 11.5 Å². The lowest BCUT2D eigenvalue weighted by Crippen LogP contribution is -2.55. The molecule has 28 heavy (non-hydrogen) atoms. The molecule has 0 aromatic heterocycles. The van der Waals surface area contributed by atoms with E-state index in [-0.39, 0.29) is 30.1 Å². The second kappa shape index (κ2) is 13.1.